The van der Waals surface area contributed by atoms with Gasteiger partial charge in [-0.05, 0) is 63.6 Å². The first-order chi connectivity index (χ1) is 8.05. The number of quaternary nitrogens is 1. The van der Waals surface area contributed by atoms with Crippen molar-refractivity contribution in [2.24, 2.45) is 11.8 Å². The molecule has 2 saturated heterocycles. The van der Waals surface area contributed by atoms with Crippen molar-refractivity contribution < 1.29 is 4.48 Å². The van der Waals surface area contributed by atoms with Crippen LogP contribution in [-0.2, 0) is 0 Å². The maximum absolute atomic E-state index is 2.70. The molecule has 0 atom stereocenters. The summed E-state index contributed by atoms with van der Waals surface area (Å²) in [7, 11) is 4.75. The van der Waals surface area contributed by atoms with Gasteiger partial charge >= 0.3 is 0 Å². The normalized spacial score (nSPS) is 28.4. The zero-order chi connectivity index (χ0) is 12.3. The van der Waals surface area contributed by atoms with Gasteiger partial charge in [-0.2, -0.15) is 0 Å². The number of piperidine rings is 2. The average Bonchev–Trinajstić information content (AvgIpc) is 2.30. The average molecular weight is 239 g/mol. The second-order valence-corrected chi connectivity index (χ2v) is 7.14. The first kappa shape index (κ1) is 13.4. The smallest absolute Gasteiger partial charge is 0.0785 e. The van der Waals surface area contributed by atoms with Gasteiger partial charge in [-0.3, -0.25) is 0 Å². The second kappa shape index (κ2) is 5.71. The van der Waals surface area contributed by atoms with E-state index in [2.05, 4.69) is 25.9 Å². The third kappa shape index (κ3) is 4.26. The number of likely N-dealkylation sites (tertiary alicyclic amines) is 2. The van der Waals surface area contributed by atoms with Crippen LogP contribution in [0.4, 0.5) is 0 Å². The molecule has 0 N–H and O–H groups in total. The topological polar surface area (TPSA) is 3.24 Å². The molecule has 0 saturated carbocycles. The Kier molecular flexibility index (Phi) is 4.48. The van der Waals surface area contributed by atoms with Crippen molar-refractivity contribution >= 4 is 0 Å². The van der Waals surface area contributed by atoms with Crippen molar-refractivity contribution in [1.82, 2.24) is 4.90 Å². The van der Waals surface area contributed by atoms with E-state index in [0.717, 1.165) is 11.8 Å². The van der Waals surface area contributed by atoms with Gasteiger partial charge < -0.3 is 9.38 Å². The lowest BCUT2D eigenvalue weighted by molar-refractivity contribution is -0.896. The SMILES string of the molecule is CC1CCN(CCC2CC[N+](C)(C)CC2)CC1. The van der Waals surface area contributed by atoms with E-state index in [1.54, 1.807) is 0 Å². The molecule has 2 aliphatic heterocycles. The molecule has 2 heteroatoms. The summed E-state index contributed by atoms with van der Waals surface area (Å²) >= 11 is 0. The van der Waals surface area contributed by atoms with Crippen LogP contribution >= 0.6 is 0 Å². The fraction of sp³-hybridized carbons (Fsp3) is 1.00. The molecular formula is C15H31N2+. The minimum absolute atomic E-state index is 0.971. The van der Waals surface area contributed by atoms with Gasteiger partial charge in [-0.1, -0.05) is 6.92 Å². The van der Waals surface area contributed by atoms with Crippen LogP contribution in [0.25, 0.3) is 0 Å². The summed E-state index contributed by atoms with van der Waals surface area (Å²) in [6, 6.07) is 0. The Labute approximate surface area is 108 Å². The Balaban J connectivity index is 1.63. The summed E-state index contributed by atoms with van der Waals surface area (Å²) in [5.74, 6) is 1.99. The Hall–Kier alpha value is -0.0800. The van der Waals surface area contributed by atoms with Gasteiger partial charge in [0.1, 0.15) is 0 Å². The maximum Gasteiger partial charge on any atom is 0.0785 e. The molecule has 0 amide bonds. The molecular weight excluding hydrogens is 208 g/mol. The summed E-state index contributed by atoms with van der Waals surface area (Å²) in [5.41, 5.74) is 0. The van der Waals surface area contributed by atoms with Gasteiger partial charge in [-0.25, -0.2) is 0 Å². The van der Waals surface area contributed by atoms with Crippen LogP contribution in [0, 0.1) is 11.8 Å². The molecule has 2 rings (SSSR count). The van der Waals surface area contributed by atoms with Crippen molar-refractivity contribution in [1.29, 1.82) is 0 Å². The lowest BCUT2D eigenvalue weighted by Gasteiger charge is -2.38. The number of hydrogen-bond donors (Lipinski definition) is 0. The Morgan fingerprint density at radius 2 is 1.59 bits per heavy atom. The first-order valence-electron chi connectivity index (χ1n) is 7.59. The summed E-state index contributed by atoms with van der Waals surface area (Å²) in [4.78, 5) is 2.70. The van der Waals surface area contributed by atoms with Crippen LogP contribution in [-0.4, -0.2) is 56.2 Å². The molecule has 0 bridgehead atoms. The highest BCUT2D eigenvalue weighted by Crippen LogP contribution is 2.24. The van der Waals surface area contributed by atoms with Crippen molar-refractivity contribution in [2.75, 3.05) is 46.8 Å². The Morgan fingerprint density at radius 3 is 2.18 bits per heavy atom. The third-order valence-electron chi connectivity index (χ3n) is 5.02. The molecule has 0 aromatic rings. The molecule has 100 valence electrons. The fourth-order valence-electron chi connectivity index (χ4n) is 3.26. The zero-order valence-electron chi connectivity index (χ0n) is 12.1. The molecule has 17 heavy (non-hydrogen) atoms. The van der Waals surface area contributed by atoms with Crippen molar-refractivity contribution in [3.8, 4) is 0 Å². The zero-order valence-corrected chi connectivity index (χ0v) is 12.1. The standard InChI is InChI=1S/C15H31N2/c1-14-4-9-16(10-5-14)11-6-15-7-12-17(2,3)13-8-15/h14-15H,4-13H2,1-3H3/q+1. The van der Waals surface area contributed by atoms with Crippen LogP contribution < -0.4 is 0 Å². The van der Waals surface area contributed by atoms with Gasteiger partial charge in [0.2, 0.25) is 0 Å². The minimum Gasteiger partial charge on any atom is -0.328 e. The molecule has 0 aliphatic carbocycles. The molecule has 0 aromatic heterocycles. The third-order valence-corrected chi connectivity index (χ3v) is 5.02. The van der Waals surface area contributed by atoms with Crippen molar-refractivity contribution in [2.45, 2.75) is 39.0 Å². The summed E-state index contributed by atoms with van der Waals surface area (Å²) in [6.45, 7) is 9.26. The largest absolute Gasteiger partial charge is 0.328 e. The van der Waals surface area contributed by atoms with Gasteiger partial charge in [0, 0.05) is 0 Å². The molecule has 2 fully saturated rings. The molecule has 2 nitrogen and oxygen atoms in total. The molecule has 0 unspecified atom stereocenters. The lowest BCUT2D eigenvalue weighted by atomic mass is 9.91. The van der Waals surface area contributed by atoms with Gasteiger partial charge in [-0.15, -0.1) is 0 Å². The highest BCUT2D eigenvalue weighted by Gasteiger charge is 2.26. The molecule has 0 aromatic carbocycles. The summed E-state index contributed by atoms with van der Waals surface area (Å²) in [5, 5.41) is 0. The highest BCUT2D eigenvalue weighted by atomic mass is 15.3. The van der Waals surface area contributed by atoms with E-state index in [0.29, 0.717) is 0 Å². The van der Waals surface area contributed by atoms with Crippen LogP contribution in [0.2, 0.25) is 0 Å². The van der Waals surface area contributed by atoms with E-state index in [-0.39, 0.29) is 0 Å². The van der Waals surface area contributed by atoms with Crippen LogP contribution in [0.1, 0.15) is 39.0 Å². The van der Waals surface area contributed by atoms with E-state index in [4.69, 9.17) is 0 Å². The molecule has 2 heterocycles. The van der Waals surface area contributed by atoms with Crippen LogP contribution in [0.3, 0.4) is 0 Å². The van der Waals surface area contributed by atoms with E-state index in [9.17, 15) is 0 Å². The molecule has 0 radical (unpaired) electrons. The second-order valence-electron chi connectivity index (χ2n) is 7.14. The number of rotatable bonds is 3. The summed E-state index contributed by atoms with van der Waals surface area (Å²) in [6.07, 6.45) is 7.21. The Bertz CT molecular complexity index is 219. The van der Waals surface area contributed by atoms with Gasteiger partial charge in [0.15, 0.2) is 0 Å². The monoisotopic (exact) mass is 239 g/mol. The predicted molar refractivity (Wildman–Crippen MR) is 74.0 cm³/mol. The first-order valence-corrected chi connectivity index (χ1v) is 7.59. The predicted octanol–water partition coefficient (Wildman–Crippen LogP) is 2.59. The number of nitrogens with zero attached hydrogens (tertiary/aromatic N) is 2. The van der Waals surface area contributed by atoms with E-state index in [1.807, 2.05) is 0 Å². The van der Waals surface area contributed by atoms with E-state index in [1.165, 1.54) is 69.3 Å². The van der Waals surface area contributed by atoms with Gasteiger partial charge in [0.05, 0.1) is 27.2 Å². The van der Waals surface area contributed by atoms with Crippen LogP contribution in [0.5, 0.6) is 0 Å². The van der Waals surface area contributed by atoms with Crippen molar-refractivity contribution in [3.05, 3.63) is 0 Å². The molecule has 0 spiro atoms. The minimum atomic E-state index is 0.971. The maximum atomic E-state index is 2.70. The lowest BCUT2D eigenvalue weighted by Crippen LogP contribution is -2.46. The molecule has 2 aliphatic rings. The number of hydrogen-bond acceptors (Lipinski definition) is 1. The quantitative estimate of drug-likeness (QED) is 0.684. The van der Waals surface area contributed by atoms with Crippen LogP contribution in [0.15, 0.2) is 0 Å². The van der Waals surface area contributed by atoms with Gasteiger partial charge in [0.25, 0.3) is 0 Å². The van der Waals surface area contributed by atoms with Crippen molar-refractivity contribution in [3.63, 3.8) is 0 Å². The highest BCUT2D eigenvalue weighted by molar-refractivity contribution is 4.72. The Morgan fingerprint density at radius 1 is 1.00 bits per heavy atom. The van der Waals surface area contributed by atoms with E-state index >= 15 is 0 Å². The summed E-state index contributed by atoms with van der Waals surface area (Å²) < 4.78 is 1.25. The van der Waals surface area contributed by atoms with E-state index < -0.39 is 0 Å². The fourth-order valence-corrected chi connectivity index (χ4v) is 3.26.